The number of thiophene rings is 1. The number of nitrogens with one attached hydrogen (secondary N) is 1. The molecule has 0 aliphatic heterocycles. The van der Waals surface area contributed by atoms with Crippen molar-refractivity contribution >= 4 is 57.9 Å². The van der Waals surface area contributed by atoms with Crippen molar-refractivity contribution in [3.8, 4) is 0 Å². The van der Waals surface area contributed by atoms with Crippen molar-refractivity contribution in [3.05, 3.63) is 50.6 Å². The third-order valence-electron chi connectivity index (χ3n) is 2.28. The number of hydrogen-bond acceptors (Lipinski definition) is 3. The predicted octanol–water partition coefficient (Wildman–Crippen LogP) is 4.93. The summed E-state index contributed by atoms with van der Waals surface area (Å²) >= 11 is 15.2. The largest absolute Gasteiger partial charge is 0.323 e. The van der Waals surface area contributed by atoms with Gasteiger partial charge in [-0.3, -0.25) is 4.79 Å². The summed E-state index contributed by atoms with van der Waals surface area (Å²) in [4.78, 5) is 13.1. The first kappa shape index (κ1) is 14.7. The maximum atomic E-state index is 11.8. The Bertz CT molecular complexity index is 538. The zero-order valence-corrected chi connectivity index (χ0v) is 13.0. The molecule has 1 aromatic heterocycles. The Morgan fingerprint density at radius 3 is 2.58 bits per heavy atom. The fourth-order valence-electron chi connectivity index (χ4n) is 1.43. The molecule has 1 aromatic carbocycles. The number of carbonyl (C=O) groups excluding carboxylic acids is 1. The van der Waals surface area contributed by atoms with E-state index in [1.807, 2.05) is 11.4 Å². The maximum absolute atomic E-state index is 11.8. The van der Waals surface area contributed by atoms with Crippen LogP contribution in [-0.4, -0.2) is 11.7 Å². The Labute approximate surface area is 130 Å². The van der Waals surface area contributed by atoms with Crippen LogP contribution in [0.1, 0.15) is 4.88 Å². The van der Waals surface area contributed by atoms with Gasteiger partial charge < -0.3 is 5.32 Å². The molecule has 0 saturated carbocycles. The van der Waals surface area contributed by atoms with Crippen molar-refractivity contribution in [1.29, 1.82) is 0 Å². The van der Waals surface area contributed by atoms with E-state index in [0.717, 1.165) is 5.75 Å². The van der Waals surface area contributed by atoms with E-state index in [0.29, 0.717) is 21.5 Å². The van der Waals surface area contributed by atoms with E-state index in [4.69, 9.17) is 23.2 Å². The number of benzene rings is 1. The maximum Gasteiger partial charge on any atom is 0.234 e. The highest BCUT2D eigenvalue weighted by atomic mass is 35.5. The van der Waals surface area contributed by atoms with Crippen LogP contribution in [0.3, 0.4) is 0 Å². The number of amides is 1. The van der Waals surface area contributed by atoms with E-state index < -0.39 is 0 Å². The number of para-hydroxylation sites is 1. The van der Waals surface area contributed by atoms with Gasteiger partial charge in [0.25, 0.3) is 0 Å². The Morgan fingerprint density at radius 1 is 1.21 bits per heavy atom. The molecule has 0 aliphatic carbocycles. The second kappa shape index (κ2) is 7.20. The van der Waals surface area contributed by atoms with Gasteiger partial charge in [-0.05, 0) is 23.6 Å². The molecule has 0 fully saturated rings. The van der Waals surface area contributed by atoms with Crippen LogP contribution in [0.5, 0.6) is 0 Å². The highest BCUT2D eigenvalue weighted by Crippen LogP contribution is 2.30. The number of halogens is 2. The van der Waals surface area contributed by atoms with E-state index in [1.165, 1.54) is 4.88 Å². The van der Waals surface area contributed by atoms with E-state index in [9.17, 15) is 4.79 Å². The quantitative estimate of drug-likeness (QED) is 0.841. The van der Waals surface area contributed by atoms with Crippen LogP contribution >= 0.6 is 46.3 Å². The summed E-state index contributed by atoms with van der Waals surface area (Å²) in [5.74, 6) is 1.11. The monoisotopic (exact) mass is 331 g/mol. The summed E-state index contributed by atoms with van der Waals surface area (Å²) in [7, 11) is 0. The fourth-order valence-corrected chi connectivity index (χ4v) is 3.59. The van der Waals surface area contributed by atoms with Crippen molar-refractivity contribution in [3.63, 3.8) is 0 Å². The van der Waals surface area contributed by atoms with Gasteiger partial charge in [-0.15, -0.1) is 23.1 Å². The minimum Gasteiger partial charge on any atom is -0.323 e. The summed E-state index contributed by atoms with van der Waals surface area (Å²) in [6, 6.07) is 9.19. The lowest BCUT2D eigenvalue weighted by molar-refractivity contribution is -0.113. The van der Waals surface area contributed by atoms with Gasteiger partial charge in [0.2, 0.25) is 5.91 Å². The van der Waals surface area contributed by atoms with Crippen LogP contribution in [0.2, 0.25) is 10.0 Å². The van der Waals surface area contributed by atoms with Gasteiger partial charge in [0.05, 0.1) is 21.5 Å². The lowest BCUT2D eigenvalue weighted by Crippen LogP contribution is -2.14. The van der Waals surface area contributed by atoms with E-state index in [2.05, 4.69) is 11.4 Å². The average molecular weight is 332 g/mol. The van der Waals surface area contributed by atoms with Gasteiger partial charge in [-0.1, -0.05) is 35.3 Å². The summed E-state index contributed by atoms with van der Waals surface area (Å²) in [6.45, 7) is 0. The molecule has 1 N–H and O–H groups in total. The minimum atomic E-state index is -0.100. The van der Waals surface area contributed by atoms with Crippen molar-refractivity contribution in [2.75, 3.05) is 11.1 Å². The van der Waals surface area contributed by atoms with Crippen LogP contribution in [0.4, 0.5) is 5.69 Å². The molecular weight excluding hydrogens is 321 g/mol. The second-order valence-corrected chi connectivity index (χ2v) is 6.55. The molecule has 100 valence electrons. The van der Waals surface area contributed by atoms with Gasteiger partial charge in [-0.25, -0.2) is 0 Å². The molecule has 0 aliphatic rings. The summed E-state index contributed by atoms with van der Waals surface area (Å²) < 4.78 is 0. The average Bonchev–Trinajstić information content (AvgIpc) is 2.87. The molecule has 2 rings (SSSR count). The summed E-state index contributed by atoms with van der Waals surface area (Å²) in [6.07, 6.45) is 0. The molecule has 0 unspecified atom stereocenters. The van der Waals surface area contributed by atoms with E-state index in [-0.39, 0.29) is 5.91 Å². The zero-order valence-electron chi connectivity index (χ0n) is 9.86. The first-order chi connectivity index (χ1) is 9.16. The van der Waals surface area contributed by atoms with Crippen molar-refractivity contribution < 1.29 is 4.79 Å². The first-order valence-electron chi connectivity index (χ1n) is 5.51. The fraction of sp³-hybridized carbons (Fsp3) is 0.154. The van der Waals surface area contributed by atoms with Crippen LogP contribution in [0, 0.1) is 0 Å². The van der Waals surface area contributed by atoms with Gasteiger partial charge in [0.15, 0.2) is 0 Å². The highest BCUT2D eigenvalue weighted by Gasteiger charge is 2.09. The normalized spacial score (nSPS) is 10.4. The molecule has 0 saturated heterocycles. The molecule has 1 amide bonds. The molecule has 0 spiro atoms. The van der Waals surface area contributed by atoms with Gasteiger partial charge in [0.1, 0.15) is 0 Å². The lowest BCUT2D eigenvalue weighted by Gasteiger charge is -2.08. The molecule has 0 atom stereocenters. The van der Waals surface area contributed by atoms with Crippen LogP contribution < -0.4 is 5.32 Å². The lowest BCUT2D eigenvalue weighted by atomic mass is 10.3. The number of rotatable bonds is 5. The third-order valence-corrected chi connectivity index (χ3v) is 4.96. The van der Waals surface area contributed by atoms with Crippen LogP contribution in [0.15, 0.2) is 35.7 Å². The highest BCUT2D eigenvalue weighted by molar-refractivity contribution is 7.99. The number of carbonyl (C=O) groups is 1. The topological polar surface area (TPSA) is 29.1 Å². The number of thioether (sulfide) groups is 1. The molecule has 19 heavy (non-hydrogen) atoms. The summed E-state index contributed by atoms with van der Waals surface area (Å²) in [5.41, 5.74) is 0.479. The molecule has 2 nitrogen and oxygen atoms in total. The SMILES string of the molecule is O=C(CSCc1cccs1)Nc1c(Cl)cccc1Cl. The Hall–Kier alpha value is -0.680. The van der Waals surface area contributed by atoms with Crippen molar-refractivity contribution in [2.45, 2.75) is 5.75 Å². The molecular formula is C13H11Cl2NOS2. The predicted molar refractivity (Wildman–Crippen MR) is 85.6 cm³/mol. The first-order valence-corrected chi connectivity index (χ1v) is 8.30. The van der Waals surface area contributed by atoms with Crippen LogP contribution in [-0.2, 0) is 10.5 Å². The summed E-state index contributed by atoms with van der Waals surface area (Å²) in [5, 5.41) is 5.66. The Morgan fingerprint density at radius 2 is 1.95 bits per heavy atom. The second-order valence-electron chi connectivity index (χ2n) is 3.72. The molecule has 0 bridgehead atoms. The number of anilines is 1. The molecule has 6 heteroatoms. The van der Waals surface area contributed by atoms with E-state index >= 15 is 0 Å². The van der Waals surface area contributed by atoms with Gasteiger partial charge >= 0.3 is 0 Å². The Balaban J connectivity index is 1.84. The molecule has 2 aromatic rings. The van der Waals surface area contributed by atoms with Gasteiger partial charge in [0, 0.05) is 10.6 Å². The Kier molecular flexibility index (Phi) is 5.58. The standard InChI is InChI=1S/C13H11Cl2NOS2/c14-10-4-1-5-11(15)13(10)16-12(17)8-18-7-9-3-2-6-19-9/h1-6H,7-8H2,(H,16,17). The van der Waals surface area contributed by atoms with Crippen molar-refractivity contribution in [2.24, 2.45) is 0 Å². The minimum absolute atomic E-state index is 0.100. The smallest absolute Gasteiger partial charge is 0.234 e. The van der Waals surface area contributed by atoms with E-state index in [1.54, 1.807) is 41.3 Å². The molecule has 1 heterocycles. The van der Waals surface area contributed by atoms with Crippen LogP contribution in [0.25, 0.3) is 0 Å². The van der Waals surface area contributed by atoms with Gasteiger partial charge in [-0.2, -0.15) is 0 Å². The number of hydrogen-bond donors (Lipinski definition) is 1. The third kappa shape index (κ3) is 4.42. The zero-order chi connectivity index (χ0) is 13.7. The van der Waals surface area contributed by atoms with Crippen molar-refractivity contribution in [1.82, 2.24) is 0 Å². The molecule has 0 radical (unpaired) electrons.